The Morgan fingerprint density at radius 3 is 1.64 bits per heavy atom. The molecule has 10 heteroatoms. The van der Waals surface area contributed by atoms with Crippen LogP contribution in [0.3, 0.4) is 0 Å². The monoisotopic (exact) mass is 369 g/mol. The van der Waals surface area contributed by atoms with E-state index in [9.17, 15) is 35.4 Å². The average Bonchev–Trinajstić information content (AvgIpc) is 2.56. The summed E-state index contributed by atoms with van der Waals surface area (Å²) in [7, 11) is 0. The van der Waals surface area contributed by atoms with Crippen LogP contribution in [-0.4, -0.2) is 114 Å². The number of aliphatic hydroxyl groups excluding tert-OH is 8. The summed E-state index contributed by atoms with van der Waals surface area (Å²) in [4.78, 5) is 13.3. The van der Waals surface area contributed by atoms with Crippen molar-refractivity contribution in [1.82, 2.24) is 4.90 Å². The zero-order valence-electron chi connectivity index (χ0n) is 14.5. The van der Waals surface area contributed by atoms with Gasteiger partial charge >= 0.3 is 0 Å². The van der Waals surface area contributed by atoms with Crippen molar-refractivity contribution in [2.45, 2.75) is 69.4 Å². The minimum absolute atomic E-state index is 0.164. The molecule has 1 amide bonds. The van der Waals surface area contributed by atoms with Crippen LogP contribution in [0.4, 0.5) is 0 Å². The first-order valence-electron chi connectivity index (χ1n) is 8.19. The molecule has 0 radical (unpaired) electrons. The van der Waals surface area contributed by atoms with Gasteiger partial charge in [-0.1, -0.05) is 0 Å². The van der Waals surface area contributed by atoms with Crippen LogP contribution in [0.5, 0.6) is 0 Å². The molecule has 0 aliphatic heterocycles. The lowest BCUT2D eigenvalue weighted by Crippen LogP contribution is -2.55. The number of hydrogen-bond donors (Lipinski definition) is 8. The minimum Gasteiger partial charge on any atom is -0.396 e. The van der Waals surface area contributed by atoms with Crippen LogP contribution >= 0.6 is 0 Å². The fourth-order valence-electron chi connectivity index (χ4n) is 2.25. The van der Waals surface area contributed by atoms with Gasteiger partial charge < -0.3 is 45.8 Å². The van der Waals surface area contributed by atoms with E-state index < -0.39 is 68.3 Å². The molecule has 0 aliphatic carbocycles. The predicted molar refractivity (Wildman–Crippen MR) is 86.3 cm³/mol. The van der Waals surface area contributed by atoms with E-state index in [4.69, 9.17) is 10.2 Å². The van der Waals surface area contributed by atoms with E-state index in [-0.39, 0.29) is 12.8 Å². The van der Waals surface area contributed by atoms with E-state index in [0.717, 1.165) is 4.90 Å². The lowest BCUT2D eigenvalue weighted by molar-refractivity contribution is -0.157. The zero-order valence-corrected chi connectivity index (χ0v) is 14.5. The molecule has 0 aliphatic rings. The Labute approximate surface area is 146 Å². The van der Waals surface area contributed by atoms with Crippen molar-refractivity contribution in [3.05, 3.63) is 0 Å². The van der Waals surface area contributed by atoms with Crippen LogP contribution < -0.4 is 0 Å². The Morgan fingerprint density at radius 2 is 1.24 bits per heavy atom. The van der Waals surface area contributed by atoms with Gasteiger partial charge in [-0.25, -0.2) is 0 Å². The molecule has 0 fully saturated rings. The molecule has 25 heavy (non-hydrogen) atoms. The average molecular weight is 369 g/mol. The SMILES string of the molecule is CC(C)N(CC(O)C(O)C(O)CCO)C(=O)C(O)C(O)C(O)CCO. The van der Waals surface area contributed by atoms with Gasteiger partial charge in [-0.2, -0.15) is 0 Å². The molecule has 6 atom stereocenters. The first-order chi connectivity index (χ1) is 11.6. The molecule has 0 rings (SSSR count). The highest BCUT2D eigenvalue weighted by atomic mass is 16.4. The quantitative estimate of drug-likeness (QED) is 0.171. The molecule has 6 unspecified atom stereocenters. The standard InChI is InChI=1S/C15H31NO9/c1-8(2)16(7-11(21)12(22)9(19)3-5-17)15(25)14(24)13(23)10(20)4-6-18/h8-14,17-24H,3-7H2,1-2H3. The third-order valence-electron chi connectivity index (χ3n) is 3.90. The minimum atomic E-state index is -1.99. The number of carbonyl (C=O) groups excluding carboxylic acids is 1. The molecule has 0 aromatic carbocycles. The fourth-order valence-corrected chi connectivity index (χ4v) is 2.25. The van der Waals surface area contributed by atoms with Gasteiger partial charge in [-0.15, -0.1) is 0 Å². The van der Waals surface area contributed by atoms with Crippen molar-refractivity contribution in [3.63, 3.8) is 0 Å². The summed E-state index contributed by atoms with van der Waals surface area (Å²) in [6.45, 7) is 1.86. The van der Waals surface area contributed by atoms with E-state index in [1.807, 2.05) is 0 Å². The van der Waals surface area contributed by atoms with Crippen LogP contribution in [0.15, 0.2) is 0 Å². The summed E-state index contributed by atoms with van der Waals surface area (Å²) < 4.78 is 0. The number of hydrogen-bond acceptors (Lipinski definition) is 9. The molecule has 0 aromatic rings. The number of aliphatic hydroxyl groups is 8. The van der Waals surface area contributed by atoms with Gasteiger partial charge in [0.2, 0.25) is 0 Å². The van der Waals surface area contributed by atoms with Crippen LogP contribution in [0.2, 0.25) is 0 Å². The first kappa shape index (κ1) is 24.1. The summed E-state index contributed by atoms with van der Waals surface area (Å²) in [6.07, 6.45) is -10.3. The molecular weight excluding hydrogens is 338 g/mol. The molecule has 0 spiro atoms. The van der Waals surface area contributed by atoms with Crippen molar-refractivity contribution in [3.8, 4) is 0 Å². The Morgan fingerprint density at radius 1 is 0.800 bits per heavy atom. The summed E-state index contributed by atoms with van der Waals surface area (Å²) in [5.74, 6) is -0.984. The predicted octanol–water partition coefficient (Wildman–Crippen LogP) is -3.85. The maximum absolute atomic E-state index is 12.3. The molecule has 10 nitrogen and oxygen atoms in total. The smallest absolute Gasteiger partial charge is 0.254 e. The van der Waals surface area contributed by atoms with Gasteiger partial charge in [0, 0.05) is 25.8 Å². The second kappa shape index (κ2) is 11.7. The highest BCUT2D eigenvalue weighted by molar-refractivity contribution is 5.81. The van der Waals surface area contributed by atoms with Gasteiger partial charge in [-0.05, 0) is 26.7 Å². The molecule has 0 bridgehead atoms. The van der Waals surface area contributed by atoms with Gasteiger partial charge in [-0.3, -0.25) is 4.79 Å². The van der Waals surface area contributed by atoms with E-state index in [1.54, 1.807) is 13.8 Å². The number of rotatable bonds is 12. The van der Waals surface area contributed by atoms with E-state index in [1.165, 1.54) is 0 Å². The summed E-state index contributed by atoms with van der Waals surface area (Å²) in [6, 6.07) is -0.527. The molecule has 0 saturated heterocycles. The van der Waals surface area contributed by atoms with Crippen LogP contribution in [0.1, 0.15) is 26.7 Å². The normalized spacial score (nSPS) is 19.2. The molecule has 0 heterocycles. The van der Waals surface area contributed by atoms with Gasteiger partial charge in [0.15, 0.2) is 6.10 Å². The van der Waals surface area contributed by atoms with Crippen LogP contribution in [0, 0.1) is 0 Å². The number of carbonyl (C=O) groups is 1. The maximum Gasteiger partial charge on any atom is 0.254 e. The van der Waals surface area contributed by atoms with Crippen molar-refractivity contribution >= 4 is 5.91 Å². The van der Waals surface area contributed by atoms with Crippen LogP contribution in [0.25, 0.3) is 0 Å². The lowest BCUT2D eigenvalue weighted by atomic mass is 10.0. The van der Waals surface area contributed by atoms with Crippen LogP contribution in [-0.2, 0) is 4.79 Å². The topological polar surface area (TPSA) is 182 Å². The second-order valence-electron chi connectivity index (χ2n) is 6.24. The number of amides is 1. The number of nitrogens with zero attached hydrogens (tertiary/aromatic N) is 1. The Kier molecular flexibility index (Phi) is 11.3. The largest absolute Gasteiger partial charge is 0.396 e. The second-order valence-corrected chi connectivity index (χ2v) is 6.24. The van der Waals surface area contributed by atoms with Crippen molar-refractivity contribution in [1.29, 1.82) is 0 Å². The maximum atomic E-state index is 12.3. The van der Waals surface area contributed by atoms with Gasteiger partial charge in [0.1, 0.15) is 12.2 Å². The third kappa shape index (κ3) is 7.50. The van der Waals surface area contributed by atoms with Crippen molar-refractivity contribution in [2.24, 2.45) is 0 Å². The third-order valence-corrected chi connectivity index (χ3v) is 3.90. The first-order valence-corrected chi connectivity index (χ1v) is 8.19. The summed E-state index contributed by atoms with van der Waals surface area (Å²) >= 11 is 0. The molecular formula is C15H31NO9. The zero-order chi connectivity index (χ0) is 19.7. The highest BCUT2D eigenvalue weighted by Gasteiger charge is 2.36. The van der Waals surface area contributed by atoms with Gasteiger partial charge in [0.05, 0.1) is 18.3 Å². The fraction of sp³-hybridized carbons (Fsp3) is 0.933. The van der Waals surface area contributed by atoms with E-state index >= 15 is 0 Å². The van der Waals surface area contributed by atoms with E-state index in [0.29, 0.717) is 0 Å². The highest BCUT2D eigenvalue weighted by Crippen LogP contribution is 2.13. The molecule has 0 aromatic heterocycles. The molecule has 0 saturated carbocycles. The molecule has 150 valence electrons. The van der Waals surface area contributed by atoms with E-state index in [2.05, 4.69) is 0 Å². The molecule has 8 N–H and O–H groups in total. The lowest BCUT2D eigenvalue weighted by Gasteiger charge is -2.34. The van der Waals surface area contributed by atoms with Gasteiger partial charge in [0.25, 0.3) is 5.91 Å². The Balaban J connectivity index is 5.00. The summed E-state index contributed by atoms with van der Waals surface area (Å²) in [5.41, 5.74) is 0. The summed E-state index contributed by atoms with van der Waals surface area (Å²) in [5, 5.41) is 76.1. The Hall–Kier alpha value is -0.850. The Bertz CT molecular complexity index is 382. The van der Waals surface area contributed by atoms with Crippen molar-refractivity contribution < 1.29 is 45.6 Å². The van der Waals surface area contributed by atoms with Crippen molar-refractivity contribution in [2.75, 3.05) is 19.8 Å².